The van der Waals surface area contributed by atoms with Gasteiger partial charge >= 0.3 is 0 Å². The number of aromatic amines is 1. The van der Waals surface area contributed by atoms with Gasteiger partial charge in [0.25, 0.3) is 10.0 Å². The first-order valence-corrected chi connectivity index (χ1v) is 8.60. The molecule has 0 atom stereocenters. The molecule has 2 rings (SSSR count). The second-order valence-corrected chi connectivity index (χ2v) is 7.38. The molecule has 0 amide bonds. The Morgan fingerprint density at radius 3 is 2.60 bits per heavy atom. The van der Waals surface area contributed by atoms with Gasteiger partial charge < -0.3 is 5.32 Å². The highest BCUT2D eigenvalue weighted by molar-refractivity contribution is 7.89. The van der Waals surface area contributed by atoms with Crippen LogP contribution in [0, 0.1) is 12.3 Å². The van der Waals surface area contributed by atoms with E-state index < -0.39 is 10.0 Å². The maximum Gasteiger partial charge on any atom is 0.260 e. The Morgan fingerprint density at radius 1 is 1.40 bits per heavy atom. The van der Waals surface area contributed by atoms with Crippen LogP contribution >= 0.6 is 0 Å². The minimum atomic E-state index is -3.54. The highest BCUT2D eigenvalue weighted by Gasteiger charge is 2.36. The Labute approximate surface area is 120 Å². The van der Waals surface area contributed by atoms with Crippen molar-refractivity contribution < 1.29 is 8.42 Å². The molecule has 6 nitrogen and oxygen atoms in total. The number of aromatic nitrogens is 2. The zero-order chi connectivity index (χ0) is 14.8. The zero-order valence-corrected chi connectivity index (χ0v) is 13.2. The van der Waals surface area contributed by atoms with Crippen molar-refractivity contribution in [2.24, 2.45) is 5.41 Å². The molecule has 1 aromatic rings. The third-order valence-electron chi connectivity index (χ3n) is 4.45. The van der Waals surface area contributed by atoms with Crippen molar-refractivity contribution in [1.29, 1.82) is 0 Å². The van der Waals surface area contributed by atoms with Crippen LogP contribution in [-0.4, -0.2) is 32.2 Å². The van der Waals surface area contributed by atoms with E-state index in [1.54, 1.807) is 7.05 Å². The van der Waals surface area contributed by atoms with Gasteiger partial charge in [0.15, 0.2) is 5.03 Å². The van der Waals surface area contributed by atoms with E-state index in [0.29, 0.717) is 18.7 Å². The molecule has 0 unspecified atom stereocenters. The summed E-state index contributed by atoms with van der Waals surface area (Å²) in [6.07, 6.45) is 4.42. The molecule has 1 saturated carbocycles. The lowest BCUT2D eigenvalue weighted by Gasteiger charge is -2.41. The van der Waals surface area contributed by atoms with Gasteiger partial charge in [-0.2, -0.15) is 5.10 Å². The van der Waals surface area contributed by atoms with E-state index in [9.17, 15) is 8.42 Å². The second kappa shape index (κ2) is 5.83. The van der Waals surface area contributed by atoms with E-state index in [1.807, 2.05) is 6.92 Å². The fraction of sp³-hybridized carbons (Fsp3) is 0.769. The highest BCUT2D eigenvalue weighted by atomic mass is 32.2. The number of hydrogen-bond acceptors (Lipinski definition) is 4. The molecule has 0 aromatic carbocycles. The fourth-order valence-corrected chi connectivity index (χ4v) is 4.03. The Hall–Kier alpha value is -0.920. The molecule has 114 valence electrons. The van der Waals surface area contributed by atoms with Crippen molar-refractivity contribution in [2.45, 2.75) is 51.1 Å². The maximum absolute atomic E-state index is 12.4. The van der Waals surface area contributed by atoms with E-state index in [4.69, 9.17) is 0 Å². The smallest absolute Gasteiger partial charge is 0.260 e. The Kier molecular flexibility index (Phi) is 4.51. The first-order chi connectivity index (χ1) is 9.44. The topological polar surface area (TPSA) is 86.9 Å². The van der Waals surface area contributed by atoms with Gasteiger partial charge in [0.1, 0.15) is 0 Å². The molecule has 0 saturated heterocycles. The van der Waals surface area contributed by atoms with Crippen molar-refractivity contribution in [1.82, 2.24) is 20.2 Å². The minimum absolute atomic E-state index is 0.120. The summed E-state index contributed by atoms with van der Waals surface area (Å²) in [7, 11) is -1.76. The summed E-state index contributed by atoms with van der Waals surface area (Å²) in [4.78, 5) is 0. The predicted octanol–water partition coefficient (Wildman–Crippen LogP) is 1.30. The van der Waals surface area contributed by atoms with E-state index in [2.05, 4.69) is 27.2 Å². The normalized spacial score (nSPS) is 17.9. The van der Waals surface area contributed by atoms with E-state index >= 15 is 0 Å². The molecule has 0 bridgehead atoms. The van der Waals surface area contributed by atoms with Crippen LogP contribution in [0.4, 0.5) is 0 Å². The third kappa shape index (κ3) is 2.89. The number of rotatable bonds is 7. The number of H-pyrrole nitrogens is 1. The summed E-state index contributed by atoms with van der Waals surface area (Å²) in [6, 6.07) is 0. The second-order valence-electron chi connectivity index (χ2n) is 5.69. The van der Waals surface area contributed by atoms with E-state index in [1.165, 1.54) is 6.42 Å². The van der Waals surface area contributed by atoms with Gasteiger partial charge in [-0.15, -0.1) is 0 Å². The lowest BCUT2D eigenvalue weighted by atomic mass is 9.67. The lowest BCUT2D eigenvalue weighted by molar-refractivity contribution is 0.133. The number of nitrogens with zero attached hydrogens (tertiary/aromatic N) is 1. The van der Waals surface area contributed by atoms with Gasteiger partial charge in [-0.1, -0.05) is 13.3 Å². The van der Waals surface area contributed by atoms with Gasteiger partial charge in [0.2, 0.25) is 0 Å². The van der Waals surface area contributed by atoms with Gasteiger partial charge in [-0.25, -0.2) is 13.1 Å². The predicted molar refractivity (Wildman–Crippen MR) is 77.9 cm³/mol. The number of aryl methyl sites for hydroxylation is 1. The Balaban J connectivity index is 2.14. The van der Waals surface area contributed by atoms with Crippen LogP contribution in [-0.2, 0) is 16.6 Å². The van der Waals surface area contributed by atoms with Crippen molar-refractivity contribution in [3.63, 3.8) is 0 Å². The quantitative estimate of drug-likeness (QED) is 0.708. The van der Waals surface area contributed by atoms with E-state index in [0.717, 1.165) is 25.0 Å². The SMILES string of the molecule is CCC1(CNS(=O)(=O)c2n[nH]c(C)c2CNC)CCC1. The van der Waals surface area contributed by atoms with Crippen molar-refractivity contribution in [2.75, 3.05) is 13.6 Å². The van der Waals surface area contributed by atoms with Crippen LogP contribution in [0.25, 0.3) is 0 Å². The Bertz CT molecular complexity index is 555. The average Bonchev–Trinajstić information content (AvgIpc) is 2.72. The molecular formula is C13H24N4O2S. The van der Waals surface area contributed by atoms with Gasteiger partial charge in [0.05, 0.1) is 0 Å². The van der Waals surface area contributed by atoms with Crippen molar-refractivity contribution in [3.05, 3.63) is 11.3 Å². The molecule has 3 N–H and O–H groups in total. The van der Waals surface area contributed by atoms with Gasteiger partial charge in [-0.05, 0) is 38.6 Å². The van der Waals surface area contributed by atoms with Crippen LogP contribution in [0.3, 0.4) is 0 Å². The highest BCUT2D eigenvalue weighted by Crippen LogP contribution is 2.43. The summed E-state index contributed by atoms with van der Waals surface area (Å²) in [5, 5.41) is 9.82. The van der Waals surface area contributed by atoms with Crippen LogP contribution in [0.2, 0.25) is 0 Å². The molecule has 1 fully saturated rings. The molecule has 1 heterocycles. The standard InChI is InChI=1S/C13H24N4O2S/c1-4-13(6-5-7-13)9-15-20(18,19)12-11(8-14-3)10(2)16-17-12/h14-15H,4-9H2,1-3H3,(H,16,17). The van der Waals surface area contributed by atoms with Crippen molar-refractivity contribution in [3.8, 4) is 0 Å². The van der Waals surface area contributed by atoms with Crippen LogP contribution in [0.5, 0.6) is 0 Å². The maximum atomic E-state index is 12.4. The summed E-state index contributed by atoms with van der Waals surface area (Å²) in [5.74, 6) is 0. The summed E-state index contributed by atoms with van der Waals surface area (Å²) < 4.78 is 27.6. The average molecular weight is 300 g/mol. The zero-order valence-electron chi connectivity index (χ0n) is 12.4. The van der Waals surface area contributed by atoms with Crippen LogP contribution in [0.15, 0.2) is 5.03 Å². The fourth-order valence-electron chi connectivity index (χ4n) is 2.69. The molecule has 1 aromatic heterocycles. The Morgan fingerprint density at radius 2 is 2.10 bits per heavy atom. The summed E-state index contributed by atoms with van der Waals surface area (Å²) in [5.41, 5.74) is 1.65. The number of nitrogens with one attached hydrogen (secondary N) is 3. The molecule has 0 spiro atoms. The number of sulfonamides is 1. The third-order valence-corrected chi connectivity index (χ3v) is 5.82. The van der Waals surface area contributed by atoms with E-state index in [-0.39, 0.29) is 10.4 Å². The first kappa shape index (κ1) is 15.5. The lowest BCUT2D eigenvalue weighted by Crippen LogP contribution is -2.42. The summed E-state index contributed by atoms with van der Waals surface area (Å²) in [6.45, 7) is 4.95. The molecule has 0 radical (unpaired) electrons. The van der Waals surface area contributed by atoms with Crippen LogP contribution in [0.1, 0.15) is 43.9 Å². The molecule has 1 aliphatic rings. The van der Waals surface area contributed by atoms with Gasteiger partial charge in [-0.3, -0.25) is 5.10 Å². The molecular weight excluding hydrogens is 276 g/mol. The molecule has 20 heavy (non-hydrogen) atoms. The van der Waals surface area contributed by atoms with Crippen LogP contribution < -0.4 is 10.0 Å². The van der Waals surface area contributed by atoms with Gasteiger partial charge in [0, 0.05) is 24.3 Å². The minimum Gasteiger partial charge on any atom is -0.316 e. The largest absolute Gasteiger partial charge is 0.316 e. The molecule has 7 heteroatoms. The summed E-state index contributed by atoms with van der Waals surface area (Å²) >= 11 is 0. The van der Waals surface area contributed by atoms with Crippen molar-refractivity contribution >= 4 is 10.0 Å². The molecule has 1 aliphatic carbocycles. The molecule has 0 aliphatic heterocycles. The first-order valence-electron chi connectivity index (χ1n) is 7.12. The number of hydrogen-bond donors (Lipinski definition) is 3. The monoisotopic (exact) mass is 300 g/mol.